The summed E-state index contributed by atoms with van der Waals surface area (Å²) in [6, 6.07) is 11.8. The first-order valence-electron chi connectivity index (χ1n) is 16.8. The van der Waals surface area contributed by atoms with Crippen molar-refractivity contribution in [3.8, 4) is 0 Å². The fourth-order valence-electron chi connectivity index (χ4n) is 7.60. The van der Waals surface area contributed by atoms with E-state index in [0.29, 0.717) is 31.6 Å². The average molecular weight is 642 g/mol. The maximum Gasteiger partial charge on any atom is 0.343 e. The number of nitrogens with one attached hydrogen (secondary N) is 1. The maximum atomic E-state index is 11.7. The van der Waals surface area contributed by atoms with Crippen molar-refractivity contribution in [2.45, 2.75) is 66.7 Å². The number of aliphatic hydroxyl groups is 1. The van der Waals surface area contributed by atoms with Gasteiger partial charge in [0, 0.05) is 59.4 Å². The van der Waals surface area contributed by atoms with E-state index >= 15 is 0 Å². The van der Waals surface area contributed by atoms with Crippen molar-refractivity contribution in [1.29, 1.82) is 0 Å². The largest absolute Gasteiger partial charge is 0.511 e. The highest BCUT2D eigenvalue weighted by Gasteiger charge is 2.41. The lowest BCUT2D eigenvalue weighted by Gasteiger charge is -2.17. The molecule has 0 radical (unpaired) electrons. The summed E-state index contributed by atoms with van der Waals surface area (Å²) < 4.78 is 6.17. The zero-order chi connectivity index (χ0) is 33.7. The Morgan fingerprint density at radius 3 is 2.33 bits per heavy atom. The fraction of sp³-hybridized carbons (Fsp3) is 0.325. The lowest BCUT2D eigenvalue weighted by Crippen LogP contribution is -2.15. The number of carboxylic acids is 1. The third kappa shape index (κ3) is 5.49. The van der Waals surface area contributed by atoms with Gasteiger partial charge in [-0.15, -0.1) is 0 Å². The van der Waals surface area contributed by atoms with Gasteiger partial charge in [-0.2, -0.15) is 0 Å². The third-order valence-electron chi connectivity index (χ3n) is 10.3. The highest BCUT2D eigenvalue weighted by atomic mass is 16.4. The molecule has 0 unspecified atom stereocenters. The zero-order valence-electron chi connectivity index (χ0n) is 28.1. The number of hydrogen-bond acceptors (Lipinski definition) is 6. The topological polar surface area (TPSA) is 118 Å². The number of rotatable bonds is 7. The molecule has 1 saturated heterocycles. The van der Waals surface area contributed by atoms with Crippen molar-refractivity contribution in [3.63, 3.8) is 0 Å². The maximum absolute atomic E-state index is 11.7. The third-order valence-corrected chi connectivity index (χ3v) is 10.3. The number of allylic oxidation sites excluding steroid dienone is 12. The minimum atomic E-state index is -0.823. The number of fused-ring (bicyclic) bond motifs is 5. The average Bonchev–Trinajstić information content (AvgIpc) is 3.74. The summed E-state index contributed by atoms with van der Waals surface area (Å²) in [7, 11) is 0. The van der Waals surface area contributed by atoms with Crippen molar-refractivity contribution < 1.29 is 15.0 Å². The minimum Gasteiger partial charge on any atom is -0.511 e. The van der Waals surface area contributed by atoms with Gasteiger partial charge in [0.25, 0.3) is 6.61 Å². The number of aliphatic hydroxyl groups excluding tert-OH is 1. The molecule has 5 heterocycles. The molecule has 1 aromatic carbocycles. The van der Waals surface area contributed by atoms with Gasteiger partial charge in [0.2, 0.25) is 0 Å². The van der Waals surface area contributed by atoms with Gasteiger partial charge in [-0.25, -0.2) is 15.0 Å². The lowest BCUT2D eigenvalue weighted by molar-refractivity contribution is -0.137. The number of aliphatic carboxylic acids is 1. The first-order chi connectivity index (χ1) is 23.1. The van der Waals surface area contributed by atoms with E-state index in [1.807, 2.05) is 49.4 Å². The molecule has 6 aliphatic rings. The summed E-state index contributed by atoms with van der Waals surface area (Å²) in [5.74, 6) is -0.585. The number of carboxylic acid groups (broad SMARTS) is 1. The molecule has 1 aromatic rings. The Morgan fingerprint density at radius 2 is 1.62 bits per heavy atom. The SMILES string of the molecule is CCC1=C(C)C2=NC1=CC1=C(C)C3=C(O)CC(=C4NC(=CC5=NC(=C2)C(CC[O+]=c2cccccc2)=C5C)[C@@H](C)[C@@H]4CCC(=O)O)C3=N1. The van der Waals surface area contributed by atoms with Gasteiger partial charge in [-0.05, 0) is 79.7 Å². The van der Waals surface area contributed by atoms with Crippen LogP contribution in [0.4, 0.5) is 0 Å². The first-order valence-corrected chi connectivity index (χ1v) is 16.8. The Bertz CT molecular complexity index is 2070. The van der Waals surface area contributed by atoms with Crippen LogP contribution in [0.2, 0.25) is 0 Å². The van der Waals surface area contributed by atoms with Crippen LogP contribution in [0.5, 0.6) is 0 Å². The van der Waals surface area contributed by atoms with E-state index in [2.05, 4.69) is 45.2 Å². The molecule has 48 heavy (non-hydrogen) atoms. The number of aliphatic imine (C=N–C) groups is 3. The molecule has 0 aromatic heterocycles. The minimum absolute atomic E-state index is 0.0122. The Labute approximate surface area is 280 Å². The second-order valence-electron chi connectivity index (χ2n) is 13.1. The predicted molar refractivity (Wildman–Crippen MR) is 191 cm³/mol. The van der Waals surface area contributed by atoms with E-state index in [1.165, 1.54) is 0 Å². The predicted octanol–water partition coefficient (Wildman–Crippen LogP) is 7.51. The lowest BCUT2D eigenvalue weighted by atomic mass is 9.86. The smallest absolute Gasteiger partial charge is 0.343 e. The van der Waals surface area contributed by atoms with Crippen LogP contribution in [0.15, 0.2) is 147 Å². The first kappa shape index (κ1) is 31.5. The van der Waals surface area contributed by atoms with Crippen LogP contribution in [-0.4, -0.2) is 39.9 Å². The van der Waals surface area contributed by atoms with E-state index in [4.69, 9.17) is 19.4 Å². The summed E-state index contributed by atoms with van der Waals surface area (Å²) in [6.45, 7) is 11.0. The van der Waals surface area contributed by atoms with Gasteiger partial charge < -0.3 is 15.5 Å². The van der Waals surface area contributed by atoms with Crippen LogP contribution >= 0.6 is 0 Å². The van der Waals surface area contributed by atoms with Gasteiger partial charge in [0.05, 0.1) is 40.6 Å². The molecule has 244 valence electrons. The van der Waals surface area contributed by atoms with Crippen molar-refractivity contribution in [2.75, 3.05) is 6.61 Å². The summed E-state index contributed by atoms with van der Waals surface area (Å²) in [6.07, 6.45) is 8.62. The number of nitrogens with zero attached hydrogens (tertiary/aromatic N) is 3. The molecule has 0 amide bonds. The molecule has 0 spiro atoms. The van der Waals surface area contributed by atoms with Crippen molar-refractivity contribution in [2.24, 2.45) is 26.8 Å². The molecule has 2 atom stereocenters. The van der Waals surface area contributed by atoms with Gasteiger partial charge >= 0.3 is 11.4 Å². The van der Waals surface area contributed by atoms with Crippen LogP contribution in [0.3, 0.4) is 0 Å². The fourth-order valence-corrected chi connectivity index (χ4v) is 7.60. The van der Waals surface area contributed by atoms with Gasteiger partial charge in [-0.1, -0.05) is 38.1 Å². The monoisotopic (exact) mass is 641 g/mol. The Balaban J connectivity index is 1.40. The molecule has 8 bridgehead atoms. The molecule has 1 fully saturated rings. The number of hydrogen-bond donors (Lipinski definition) is 3. The van der Waals surface area contributed by atoms with Crippen LogP contribution in [0.1, 0.15) is 66.7 Å². The quantitative estimate of drug-likeness (QED) is 0.267. The zero-order valence-corrected chi connectivity index (χ0v) is 28.1. The Kier molecular flexibility index (Phi) is 8.19. The highest BCUT2D eigenvalue weighted by Crippen LogP contribution is 2.46. The summed E-state index contributed by atoms with van der Waals surface area (Å²) >= 11 is 0. The summed E-state index contributed by atoms with van der Waals surface area (Å²) in [4.78, 5) is 27.2. The van der Waals surface area contributed by atoms with Gasteiger partial charge in [0.15, 0.2) is 0 Å². The summed E-state index contributed by atoms with van der Waals surface area (Å²) in [5.41, 5.74) is 14.9. The van der Waals surface area contributed by atoms with E-state index < -0.39 is 5.97 Å². The van der Waals surface area contributed by atoms with E-state index in [1.54, 1.807) is 0 Å². The Hall–Kier alpha value is -5.11. The van der Waals surface area contributed by atoms with Crippen molar-refractivity contribution in [1.82, 2.24) is 5.32 Å². The van der Waals surface area contributed by atoms with Crippen LogP contribution in [-0.2, 0) is 4.79 Å². The highest BCUT2D eigenvalue weighted by molar-refractivity contribution is 6.21. The van der Waals surface area contributed by atoms with E-state index in [9.17, 15) is 15.0 Å². The normalized spacial score (nSPS) is 22.9. The van der Waals surface area contributed by atoms with Crippen LogP contribution in [0, 0.1) is 11.8 Å². The number of carbonyl (C=O) groups is 1. The van der Waals surface area contributed by atoms with Crippen LogP contribution < -0.4 is 10.7 Å². The van der Waals surface area contributed by atoms with Gasteiger partial charge in [-0.3, -0.25) is 9.22 Å². The van der Waals surface area contributed by atoms with Crippen molar-refractivity contribution in [3.05, 3.63) is 138 Å². The van der Waals surface area contributed by atoms with E-state index in [-0.39, 0.29) is 18.3 Å². The molecule has 1 aliphatic carbocycles. The Morgan fingerprint density at radius 1 is 0.938 bits per heavy atom. The molecule has 0 saturated carbocycles. The standard InChI is InChI=1S/C40H40N4O4/c1-6-26-21(2)31-19-35-27(15-16-48-25-11-9-7-8-10-12-25)22(3)30(42-35)18-32-23(4)28(13-14-37(46)47)39(43-32)29-17-36(45)38-24(5)33(44-40(29)38)20-34(26)41-31/h7-12,18-20,23,28H,6,13-17H2,1-5H3,(H2-,41,42,43,44,45,46,47)/p+1/t23-,28-/m0/s1. The van der Waals surface area contributed by atoms with E-state index in [0.717, 1.165) is 96.5 Å². The molecular weight excluding hydrogens is 600 g/mol. The summed E-state index contributed by atoms with van der Waals surface area (Å²) in [5, 5.41) is 24.6. The second kappa shape index (κ2) is 12.5. The molecule has 3 N–H and O–H groups in total. The molecule has 7 rings (SSSR count). The van der Waals surface area contributed by atoms with Crippen LogP contribution in [0.25, 0.3) is 0 Å². The molecule has 8 nitrogen and oxygen atoms in total. The van der Waals surface area contributed by atoms with Crippen molar-refractivity contribution >= 4 is 23.1 Å². The molecule has 5 aliphatic heterocycles. The molecular formula is C40H41N4O4+. The second-order valence-corrected chi connectivity index (χ2v) is 13.1. The molecule has 8 heteroatoms. The van der Waals surface area contributed by atoms with Gasteiger partial charge in [0.1, 0.15) is 5.76 Å².